The molecule has 5 heteroatoms. The molecule has 1 unspecified atom stereocenters. The van der Waals surface area contributed by atoms with Crippen molar-refractivity contribution >= 4 is 17.5 Å². The van der Waals surface area contributed by atoms with Crippen molar-refractivity contribution in [2.24, 2.45) is 0 Å². The summed E-state index contributed by atoms with van der Waals surface area (Å²) in [4.78, 5) is 23.9. The van der Waals surface area contributed by atoms with Crippen LogP contribution >= 0.6 is 0 Å². The number of benzene rings is 2. The number of aryl methyl sites for hydroxylation is 1. The molecule has 124 valence electrons. The first-order valence-corrected chi connectivity index (χ1v) is 7.86. The van der Waals surface area contributed by atoms with Crippen LogP contribution in [0.5, 0.6) is 5.75 Å². The molecule has 2 aromatic carbocycles. The topological polar surface area (TPSA) is 67.4 Å². The quantitative estimate of drug-likeness (QED) is 0.908. The van der Waals surface area contributed by atoms with E-state index in [-0.39, 0.29) is 17.9 Å². The van der Waals surface area contributed by atoms with Gasteiger partial charge >= 0.3 is 0 Å². The molecule has 0 spiro atoms. The van der Waals surface area contributed by atoms with E-state index in [1.807, 2.05) is 38.1 Å². The SMILES string of the molecule is COc1cc(C(=O)NC(C)c2ccc3c(c2)CC(=O)N3)ccc1C. The van der Waals surface area contributed by atoms with E-state index in [1.54, 1.807) is 19.2 Å². The molecule has 1 atom stereocenters. The number of hydrogen-bond donors (Lipinski definition) is 2. The average Bonchev–Trinajstić information content (AvgIpc) is 2.94. The number of fused-ring (bicyclic) bond motifs is 1. The first-order chi connectivity index (χ1) is 11.5. The van der Waals surface area contributed by atoms with E-state index in [0.29, 0.717) is 17.7 Å². The lowest BCUT2D eigenvalue weighted by Gasteiger charge is -2.16. The molecule has 3 rings (SSSR count). The standard InChI is InChI=1S/C19H20N2O3/c1-11-4-5-14(9-17(11)24-3)19(23)20-12(2)13-6-7-16-15(8-13)10-18(22)21-16/h4-9,12H,10H2,1-3H3,(H,20,23)(H,21,22). The van der Waals surface area contributed by atoms with E-state index < -0.39 is 0 Å². The Hall–Kier alpha value is -2.82. The van der Waals surface area contributed by atoms with Crippen molar-refractivity contribution < 1.29 is 14.3 Å². The highest BCUT2D eigenvalue weighted by Crippen LogP contribution is 2.26. The molecule has 1 aliphatic rings. The number of anilines is 1. The second kappa shape index (κ2) is 6.35. The zero-order valence-electron chi connectivity index (χ0n) is 14.0. The van der Waals surface area contributed by atoms with E-state index in [9.17, 15) is 9.59 Å². The Morgan fingerprint density at radius 2 is 2.04 bits per heavy atom. The molecule has 0 saturated carbocycles. The minimum absolute atomic E-state index is 0.00518. The Kier molecular flexibility index (Phi) is 4.25. The van der Waals surface area contributed by atoms with Crippen LogP contribution in [0.2, 0.25) is 0 Å². The maximum atomic E-state index is 12.5. The molecule has 0 aliphatic carbocycles. The van der Waals surface area contributed by atoms with Crippen LogP contribution in [0.1, 0.15) is 40.0 Å². The summed E-state index contributed by atoms with van der Waals surface area (Å²) in [6.07, 6.45) is 0.388. The first-order valence-electron chi connectivity index (χ1n) is 7.86. The number of carbonyl (C=O) groups excluding carboxylic acids is 2. The summed E-state index contributed by atoms with van der Waals surface area (Å²) in [7, 11) is 1.59. The summed E-state index contributed by atoms with van der Waals surface area (Å²) in [6, 6.07) is 11.0. The maximum Gasteiger partial charge on any atom is 0.251 e. The van der Waals surface area contributed by atoms with Crippen molar-refractivity contribution in [1.82, 2.24) is 5.32 Å². The molecule has 0 bridgehead atoms. The average molecular weight is 324 g/mol. The van der Waals surface area contributed by atoms with Crippen LogP contribution in [0.3, 0.4) is 0 Å². The van der Waals surface area contributed by atoms with Gasteiger partial charge in [0.2, 0.25) is 5.91 Å². The fourth-order valence-corrected chi connectivity index (χ4v) is 2.84. The molecule has 0 saturated heterocycles. The maximum absolute atomic E-state index is 12.5. The molecule has 2 N–H and O–H groups in total. The van der Waals surface area contributed by atoms with Crippen molar-refractivity contribution in [3.05, 3.63) is 58.7 Å². The van der Waals surface area contributed by atoms with Crippen LogP contribution in [0, 0.1) is 6.92 Å². The van der Waals surface area contributed by atoms with Gasteiger partial charge in [0.25, 0.3) is 5.91 Å². The van der Waals surface area contributed by atoms with Crippen LogP contribution in [-0.2, 0) is 11.2 Å². The molecule has 0 radical (unpaired) electrons. The Balaban J connectivity index is 1.75. The van der Waals surface area contributed by atoms with E-state index in [2.05, 4.69) is 10.6 Å². The van der Waals surface area contributed by atoms with Crippen LogP contribution in [0.25, 0.3) is 0 Å². The van der Waals surface area contributed by atoms with Gasteiger partial charge in [0.1, 0.15) is 5.75 Å². The summed E-state index contributed by atoms with van der Waals surface area (Å²) in [5, 5.41) is 5.79. The summed E-state index contributed by atoms with van der Waals surface area (Å²) >= 11 is 0. The largest absolute Gasteiger partial charge is 0.496 e. The lowest BCUT2D eigenvalue weighted by Crippen LogP contribution is -2.26. The van der Waals surface area contributed by atoms with Gasteiger partial charge in [0.05, 0.1) is 19.6 Å². The zero-order valence-corrected chi connectivity index (χ0v) is 14.0. The highest BCUT2D eigenvalue weighted by atomic mass is 16.5. The third-order valence-corrected chi connectivity index (χ3v) is 4.27. The van der Waals surface area contributed by atoms with Gasteiger partial charge in [-0.3, -0.25) is 9.59 Å². The number of amides is 2. The van der Waals surface area contributed by atoms with Gasteiger partial charge in [-0.05, 0) is 48.7 Å². The van der Waals surface area contributed by atoms with Crippen LogP contribution in [0.15, 0.2) is 36.4 Å². The van der Waals surface area contributed by atoms with Crippen molar-refractivity contribution in [1.29, 1.82) is 0 Å². The van der Waals surface area contributed by atoms with E-state index in [1.165, 1.54) is 0 Å². The monoisotopic (exact) mass is 324 g/mol. The molecule has 5 nitrogen and oxygen atoms in total. The molecule has 0 fully saturated rings. The van der Waals surface area contributed by atoms with Crippen molar-refractivity contribution in [3.8, 4) is 5.75 Å². The second-order valence-corrected chi connectivity index (χ2v) is 6.02. The predicted octanol–water partition coefficient (Wildman–Crippen LogP) is 2.99. The van der Waals surface area contributed by atoms with Gasteiger partial charge in [-0.2, -0.15) is 0 Å². The third kappa shape index (κ3) is 3.11. The Morgan fingerprint density at radius 3 is 2.79 bits per heavy atom. The van der Waals surface area contributed by atoms with Crippen LogP contribution < -0.4 is 15.4 Å². The molecular formula is C19H20N2O3. The molecule has 1 aliphatic heterocycles. The second-order valence-electron chi connectivity index (χ2n) is 6.02. The smallest absolute Gasteiger partial charge is 0.251 e. The van der Waals surface area contributed by atoms with Gasteiger partial charge in [-0.15, -0.1) is 0 Å². The van der Waals surface area contributed by atoms with Gasteiger partial charge in [0, 0.05) is 11.3 Å². The summed E-state index contributed by atoms with van der Waals surface area (Å²) < 4.78 is 5.27. The predicted molar refractivity (Wildman–Crippen MR) is 92.4 cm³/mol. The van der Waals surface area contributed by atoms with Gasteiger partial charge in [0.15, 0.2) is 0 Å². The Labute approximate surface area is 141 Å². The minimum atomic E-state index is -0.161. The van der Waals surface area contributed by atoms with Crippen molar-refractivity contribution in [2.45, 2.75) is 26.3 Å². The highest BCUT2D eigenvalue weighted by Gasteiger charge is 2.19. The minimum Gasteiger partial charge on any atom is -0.496 e. The Bertz CT molecular complexity index is 814. The third-order valence-electron chi connectivity index (χ3n) is 4.27. The molecule has 24 heavy (non-hydrogen) atoms. The molecule has 0 aromatic heterocycles. The van der Waals surface area contributed by atoms with Gasteiger partial charge in [-0.25, -0.2) is 0 Å². The number of rotatable bonds is 4. The fourth-order valence-electron chi connectivity index (χ4n) is 2.84. The lowest BCUT2D eigenvalue weighted by molar-refractivity contribution is -0.115. The van der Waals surface area contributed by atoms with E-state index in [4.69, 9.17) is 4.74 Å². The number of methoxy groups -OCH3 is 1. The number of carbonyl (C=O) groups is 2. The van der Waals surface area contributed by atoms with Gasteiger partial charge in [-0.1, -0.05) is 18.2 Å². The van der Waals surface area contributed by atoms with E-state index >= 15 is 0 Å². The molecule has 1 heterocycles. The lowest BCUT2D eigenvalue weighted by atomic mass is 10.0. The van der Waals surface area contributed by atoms with E-state index in [0.717, 1.165) is 22.4 Å². The Morgan fingerprint density at radius 1 is 1.25 bits per heavy atom. The van der Waals surface area contributed by atoms with Crippen LogP contribution in [0.4, 0.5) is 5.69 Å². The summed E-state index contributed by atoms with van der Waals surface area (Å²) in [5.41, 5.74) is 4.33. The molecule has 2 aromatic rings. The van der Waals surface area contributed by atoms with Crippen LogP contribution in [-0.4, -0.2) is 18.9 Å². The normalized spacial score (nSPS) is 13.9. The van der Waals surface area contributed by atoms with Crippen molar-refractivity contribution in [2.75, 3.05) is 12.4 Å². The summed E-state index contributed by atoms with van der Waals surface area (Å²) in [5.74, 6) is 0.540. The van der Waals surface area contributed by atoms with Gasteiger partial charge < -0.3 is 15.4 Å². The zero-order chi connectivity index (χ0) is 17.3. The molecule has 2 amide bonds. The summed E-state index contributed by atoms with van der Waals surface area (Å²) in [6.45, 7) is 3.86. The first kappa shape index (κ1) is 16.1. The number of ether oxygens (including phenoxy) is 1. The molecular weight excluding hydrogens is 304 g/mol. The number of hydrogen-bond acceptors (Lipinski definition) is 3. The van der Waals surface area contributed by atoms with Crippen molar-refractivity contribution in [3.63, 3.8) is 0 Å². The fraction of sp³-hybridized carbons (Fsp3) is 0.263. The highest BCUT2D eigenvalue weighted by molar-refractivity contribution is 5.99. The number of nitrogens with one attached hydrogen (secondary N) is 2.